The molecular formula is C20H29N3O4. The van der Waals surface area contributed by atoms with E-state index >= 15 is 0 Å². The molecule has 1 N–H and O–H groups in total. The van der Waals surface area contributed by atoms with Crippen LogP contribution < -0.4 is 15.1 Å². The topological polar surface area (TPSA) is 79.0 Å². The van der Waals surface area contributed by atoms with Gasteiger partial charge in [-0.25, -0.2) is 0 Å². The standard InChI is InChI=1S/C20H29N3O4/c1-15-12-18(22-9-6-17(7-10-22)13-27-16(2)25)4-5-19(15)23(14-24)11-8-20(26)21-3/h4-5,12,14,17H,6-11,13H2,1-3H3,(H,21,26). The number of nitrogens with zero attached hydrogens (tertiary/aromatic N) is 2. The number of hydrogen-bond donors (Lipinski definition) is 1. The van der Waals surface area contributed by atoms with E-state index in [4.69, 9.17) is 4.74 Å². The lowest BCUT2D eigenvalue weighted by Crippen LogP contribution is -2.35. The summed E-state index contributed by atoms with van der Waals surface area (Å²) in [5.74, 6) is 0.105. The highest BCUT2D eigenvalue weighted by Gasteiger charge is 2.21. The highest BCUT2D eigenvalue weighted by atomic mass is 16.5. The first kappa shape index (κ1) is 20.7. The number of aryl methyl sites for hydroxylation is 1. The SMILES string of the molecule is CNC(=O)CCN(C=O)c1ccc(N2CCC(COC(C)=O)CC2)cc1C. The van der Waals surface area contributed by atoms with Gasteiger partial charge in [-0.05, 0) is 49.4 Å². The van der Waals surface area contributed by atoms with E-state index in [2.05, 4.69) is 16.3 Å². The number of rotatable bonds is 8. The molecule has 1 saturated heterocycles. The third-order valence-corrected chi connectivity index (χ3v) is 4.98. The second-order valence-electron chi connectivity index (χ2n) is 6.93. The van der Waals surface area contributed by atoms with Crippen molar-refractivity contribution in [2.24, 2.45) is 5.92 Å². The molecule has 1 aromatic rings. The summed E-state index contributed by atoms with van der Waals surface area (Å²) in [6.45, 7) is 6.10. The van der Waals surface area contributed by atoms with Gasteiger partial charge in [0.1, 0.15) is 0 Å². The van der Waals surface area contributed by atoms with Crippen molar-refractivity contribution in [3.63, 3.8) is 0 Å². The predicted octanol–water partition coefficient (Wildman–Crippen LogP) is 1.87. The zero-order chi connectivity index (χ0) is 19.8. The largest absolute Gasteiger partial charge is 0.466 e. The van der Waals surface area contributed by atoms with Gasteiger partial charge in [-0.2, -0.15) is 0 Å². The lowest BCUT2D eigenvalue weighted by Gasteiger charge is -2.34. The van der Waals surface area contributed by atoms with E-state index in [1.54, 1.807) is 11.9 Å². The maximum absolute atomic E-state index is 11.4. The number of piperidine rings is 1. The van der Waals surface area contributed by atoms with Gasteiger partial charge in [-0.1, -0.05) is 0 Å². The van der Waals surface area contributed by atoms with Crippen LogP contribution in [0.3, 0.4) is 0 Å². The Balaban J connectivity index is 1.97. The minimum atomic E-state index is -0.222. The fourth-order valence-electron chi connectivity index (χ4n) is 3.33. The first-order valence-electron chi connectivity index (χ1n) is 9.36. The van der Waals surface area contributed by atoms with Crippen molar-refractivity contribution in [2.45, 2.75) is 33.1 Å². The van der Waals surface area contributed by atoms with Crippen LogP contribution in [0, 0.1) is 12.8 Å². The van der Waals surface area contributed by atoms with Gasteiger partial charge >= 0.3 is 5.97 Å². The summed E-state index contributed by atoms with van der Waals surface area (Å²) in [5.41, 5.74) is 2.94. The Morgan fingerprint density at radius 1 is 1.33 bits per heavy atom. The molecule has 0 aliphatic carbocycles. The quantitative estimate of drug-likeness (QED) is 0.554. The molecule has 1 heterocycles. The van der Waals surface area contributed by atoms with Crippen LogP contribution in [-0.2, 0) is 19.1 Å². The zero-order valence-electron chi connectivity index (χ0n) is 16.4. The van der Waals surface area contributed by atoms with E-state index in [-0.39, 0.29) is 18.3 Å². The van der Waals surface area contributed by atoms with Gasteiger partial charge in [0, 0.05) is 51.4 Å². The van der Waals surface area contributed by atoms with E-state index in [1.807, 2.05) is 19.1 Å². The molecule has 148 valence electrons. The molecule has 7 heteroatoms. The summed E-state index contributed by atoms with van der Waals surface area (Å²) in [6, 6.07) is 6.04. The number of ether oxygens (including phenoxy) is 1. The van der Waals surface area contributed by atoms with Crippen LogP contribution in [0.1, 0.15) is 31.7 Å². The van der Waals surface area contributed by atoms with Crippen LogP contribution >= 0.6 is 0 Å². The highest BCUT2D eigenvalue weighted by Crippen LogP contribution is 2.28. The number of carbonyl (C=O) groups is 3. The Labute approximate surface area is 160 Å². The van der Waals surface area contributed by atoms with Gasteiger partial charge in [-0.3, -0.25) is 14.4 Å². The van der Waals surface area contributed by atoms with Gasteiger partial charge in [0.25, 0.3) is 0 Å². The molecule has 0 aromatic heterocycles. The molecule has 1 aliphatic heterocycles. The number of anilines is 2. The second-order valence-corrected chi connectivity index (χ2v) is 6.93. The number of amides is 2. The van der Waals surface area contributed by atoms with E-state index in [9.17, 15) is 14.4 Å². The number of carbonyl (C=O) groups excluding carboxylic acids is 3. The number of hydrogen-bond acceptors (Lipinski definition) is 5. The molecule has 1 aromatic carbocycles. The molecule has 1 fully saturated rings. The van der Waals surface area contributed by atoms with E-state index in [1.165, 1.54) is 6.92 Å². The Bertz CT molecular complexity index is 669. The summed E-state index contributed by atoms with van der Waals surface area (Å²) in [4.78, 5) is 37.7. The summed E-state index contributed by atoms with van der Waals surface area (Å²) >= 11 is 0. The number of nitrogens with one attached hydrogen (secondary N) is 1. The van der Waals surface area contributed by atoms with Crippen molar-refractivity contribution < 1.29 is 19.1 Å². The van der Waals surface area contributed by atoms with Crippen LogP contribution in [0.15, 0.2) is 18.2 Å². The van der Waals surface area contributed by atoms with Crippen LogP contribution in [0.2, 0.25) is 0 Å². The predicted molar refractivity (Wildman–Crippen MR) is 105 cm³/mol. The molecule has 0 spiro atoms. The Morgan fingerprint density at radius 2 is 2.04 bits per heavy atom. The monoisotopic (exact) mass is 375 g/mol. The number of esters is 1. The Kier molecular flexibility index (Phi) is 7.64. The minimum absolute atomic E-state index is 0.0900. The van der Waals surface area contributed by atoms with Gasteiger partial charge in [-0.15, -0.1) is 0 Å². The zero-order valence-corrected chi connectivity index (χ0v) is 16.4. The van der Waals surface area contributed by atoms with Crippen molar-refractivity contribution in [3.05, 3.63) is 23.8 Å². The Morgan fingerprint density at radius 3 is 2.59 bits per heavy atom. The second kappa shape index (κ2) is 9.94. The fraction of sp³-hybridized carbons (Fsp3) is 0.550. The van der Waals surface area contributed by atoms with Crippen LogP contribution in [0.25, 0.3) is 0 Å². The molecule has 1 aliphatic rings. The molecule has 27 heavy (non-hydrogen) atoms. The summed E-state index contributed by atoms with van der Waals surface area (Å²) in [5, 5.41) is 2.57. The van der Waals surface area contributed by atoms with Gasteiger partial charge in [0.05, 0.1) is 6.61 Å². The van der Waals surface area contributed by atoms with Crippen molar-refractivity contribution in [3.8, 4) is 0 Å². The number of benzene rings is 1. The summed E-state index contributed by atoms with van der Waals surface area (Å²) < 4.78 is 5.12. The summed E-state index contributed by atoms with van der Waals surface area (Å²) in [7, 11) is 1.59. The molecule has 0 saturated carbocycles. The van der Waals surface area contributed by atoms with Gasteiger partial charge < -0.3 is 19.9 Å². The molecule has 0 atom stereocenters. The van der Waals surface area contributed by atoms with E-state index in [0.29, 0.717) is 19.1 Å². The van der Waals surface area contributed by atoms with Crippen molar-refractivity contribution in [1.82, 2.24) is 5.32 Å². The Hall–Kier alpha value is -2.57. The van der Waals surface area contributed by atoms with Crippen molar-refractivity contribution >= 4 is 29.7 Å². The first-order valence-corrected chi connectivity index (χ1v) is 9.36. The third kappa shape index (κ3) is 5.98. The normalized spacial score (nSPS) is 14.6. The molecule has 2 rings (SSSR count). The lowest BCUT2D eigenvalue weighted by atomic mass is 9.97. The van der Waals surface area contributed by atoms with Crippen LogP contribution in [0.4, 0.5) is 11.4 Å². The van der Waals surface area contributed by atoms with E-state index < -0.39 is 0 Å². The van der Waals surface area contributed by atoms with E-state index in [0.717, 1.165) is 49.3 Å². The average Bonchev–Trinajstić information content (AvgIpc) is 2.67. The van der Waals surface area contributed by atoms with Crippen LogP contribution in [0.5, 0.6) is 0 Å². The fourth-order valence-corrected chi connectivity index (χ4v) is 3.33. The van der Waals surface area contributed by atoms with Gasteiger partial charge in [0.15, 0.2) is 0 Å². The maximum Gasteiger partial charge on any atom is 0.302 e. The third-order valence-electron chi connectivity index (χ3n) is 4.98. The molecular weight excluding hydrogens is 346 g/mol. The minimum Gasteiger partial charge on any atom is -0.466 e. The molecule has 2 amide bonds. The first-order chi connectivity index (χ1) is 12.9. The lowest BCUT2D eigenvalue weighted by molar-refractivity contribution is -0.142. The van der Waals surface area contributed by atoms with Crippen molar-refractivity contribution in [1.29, 1.82) is 0 Å². The van der Waals surface area contributed by atoms with Crippen LogP contribution in [-0.4, -0.2) is 51.6 Å². The smallest absolute Gasteiger partial charge is 0.302 e. The molecule has 0 unspecified atom stereocenters. The van der Waals surface area contributed by atoms with Gasteiger partial charge in [0.2, 0.25) is 12.3 Å². The molecule has 0 bridgehead atoms. The molecule has 7 nitrogen and oxygen atoms in total. The summed E-state index contributed by atoms with van der Waals surface area (Å²) in [6.07, 6.45) is 3.01. The van der Waals surface area contributed by atoms with Crippen molar-refractivity contribution in [2.75, 3.05) is 43.1 Å². The highest BCUT2D eigenvalue weighted by molar-refractivity contribution is 5.81. The average molecular weight is 375 g/mol. The molecule has 0 radical (unpaired) electrons. The maximum atomic E-state index is 11.4.